The van der Waals surface area contributed by atoms with Gasteiger partial charge in [-0.05, 0) is 29.5 Å². The summed E-state index contributed by atoms with van der Waals surface area (Å²) in [5, 5.41) is 0. The van der Waals surface area contributed by atoms with Gasteiger partial charge in [0.2, 0.25) is 17.7 Å². The van der Waals surface area contributed by atoms with Gasteiger partial charge in [0.25, 0.3) is 0 Å². The summed E-state index contributed by atoms with van der Waals surface area (Å²) in [6, 6.07) is 7.73. The molecule has 0 aliphatic carbocycles. The Hall–Kier alpha value is -2.30. The van der Waals surface area contributed by atoms with E-state index in [-0.39, 0.29) is 11.4 Å². The van der Waals surface area contributed by atoms with Crippen LogP contribution in [0.2, 0.25) is 0 Å². The van der Waals surface area contributed by atoms with Crippen LogP contribution in [0.1, 0.15) is 31.9 Å². The molecule has 0 saturated carbocycles. The predicted molar refractivity (Wildman–Crippen MR) is 82.9 cm³/mol. The first-order chi connectivity index (χ1) is 9.79. The van der Waals surface area contributed by atoms with Crippen LogP contribution >= 0.6 is 0 Å². The molecule has 0 unspecified atom stereocenters. The van der Waals surface area contributed by atoms with E-state index in [1.165, 1.54) is 12.7 Å². The molecule has 0 atom stereocenters. The molecule has 1 aromatic carbocycles. The van der Waals surface area contributed by atoms with Gasteiger partial charge in [0.1, 0.15) is 5.75 Å². The first kappa shape index (κ1) is 15.1. The SMILES string of the molecule is COc1cc(Oc2ccc(C(C)(C)C)cc2C)nc(N)n1. The lowest BCUT2D eigenvalue weighted by atomic mass is 9.86. The molecule has 5 nitrogen and oxygen atoms in total. The molecule has 2 N–H and O–H groups in total. The highest BCUT2D eigenvalue weighted by Crippen LogP contribution is 2.30. The fourth-order valence-electron chi connectivity index (χ4n) is 1.92. The number of hydrogen-bond acceptors (Lipinski definition) is 5. The number of aromatic nitrogens is 2. The van der Waals surface area contributed by atoms with Crippen LogP contribution < -0.4 is 15.2 Å². The van der Waals surface area contributed by atoms with Crippen molar-refractivity contribution in [1.82, 2.24) is 9.97 Å². The maximum atomic E-state index is 5.79. The largest absolute Gasteiger partial charge is 0.481 e. The van der Waals surface area contributed by atoms with Gasteiger partial charge in [-0.15, -0.1) is 0 Å². The van der Waals surface area contributed by atoms with E-state index in [0.717, 1.165) is 11.3 Å². The van der Waals surface area contributed by atoms with Gasteiger partial charge in [0.05, 0.1) is 13.2 Å². The lowest BCUT2D eigenvalue weighted by Gasteiger charge is -2.20. The maximum Gasteiger partial charge on any atom is 0.227 e. The topological polar surface area (TPSA) is 70.3 Å². The summed E-state index contributed by atoms with van der Waals surface area (Å²) >= 11 is 0. The predicted octanol–water partition coefficient (Wildman–Crippen LogP) is 3.47. The Morgan fingerprint density at radius 3 is 2.29 bits per heavy atom. The second-order valence-corrected chi connectivity index (χ2v) is 5.94. The second kappa shape index (κ2) is 5.60. The molecular formula is C16H21N3O2. The molecule has 0 radical (unpaired) electrons. The highest BCUT2D eigenvalue weighted by Gasteiger charge is 2.15. The van der Waals surface area contributed by atoms with Crippen LogP contribution in [0.15, 0.2) is 24.3 Å². The van der Waals surface area contributed by atoms with Gasteiger partial charge >= 0.3 is 0 Å². The second-order valence-electron chi connectivity index (χ2n) is 5.94. The van der Waals surface area contributed by atoms with Gasteiger partial charge in [0.15, 0.2) is 0 Å². The molecule has 0 saturated heterocycles. The van der Waals surface area contributed by atoms with Crippen LogP contribution in [0.3, 0.4) is 0 Å². The zero-order valence-corrected chi connectivity index (χ0v) is 13.1. The monoisotopic (exact) mass is 287 g/mol. The molecule has 1 heterocycles. The first-order valence-electron chi connectivity index (χ1n) is 6.77. The smallest absolute Gasteiger partial charge is 0.227 e. The maximum absolute atomic E-state index is 5.79. The summed E-state index contributed by atoms with van der Waals surface area (Å²) in [7, 11) is 1.52. The molecule has 0 aliphatic rings. The summed E-state index contributed by atoms with van der Waals surface area (Å²) in [6.07, 6.45) is 0. The van der Waals surface area contributed by atoms with Crippen molar-refractivity contribution in [3.8, 4) is 17.5 Å². The first-order valence-corrected chi connectivity index (χ1v) is 6.77. The Bertz CT molecular complexity index is 648. The van der Waals surface area contributed by atoms with E-state index >= 15 is 0 Å². The lowest BCUT2D eigenvalue weighted by molar-refractivity contribution is 0.389. The quantitative estimate of drug-likeness (QED) is 0.936. The van der Waals surface area contributed by atoms with E-state index in [9.17, 15) is 0 Å². The Kier molecular flexibility index (Phi) is 4.02. The van der Waals surface area contributed by atoms with Gasteiger partial charge in [-0.25, -0.2) is 0 Å². The number of hydrogen-bond donors (Lipinski definition) is 1. The molecule has 112 valence electrons. The van der Waals surface area contributed by atoms with Gasteiger partial charge in [-0.2, -0.15) is 9.97 Å². The third-order valence-corrected chi connectivity index (χ3v) is 3.16. The van der Waals surface area contributed by atoms with Gasteiger partial charge < -0.3 is 15.2 Å². The van der Waals surface area contributed by atoms with E-state index in [1.54, 1.807) is 6.07 Å². The third kappa shape index (κ3) is 3.62. The van der Waals surface area contributed by atoms with E-state index < -0.39 is 0 Å². The molecule has 2 aromatic rings. The van der Waals surface area contributed by atoms with E-state index in [2.05, 4.69) is 42.9 Å². The summed E-state index contributed by atoms with van der Waals surface area (Å²) in [5.41, 5.74) is 8.03. The third-order valence-electron chi connectivity index (χ3n) is 3.16. The highest BCUT2D eigenvalue weighted by molar-refractivity contribution is 5.41. The average Bonchev–Trinajstić information content (AvgIpc) is 2.39. The van der Waals surface area contributed by atoms with Crippen molar-refractivity contribution in [1.29, 1.82) is 0 Å². The van der Waals surface area contributed by atoms with Gasteiger partial charge in [-0.3, -0.25) is 0 Å². The van der Waals surface area contributed by atoms with Crippen LogP contribution in [0.4, 0.5) is 5.95 Å². The van der Waals surface area contributed by atoms with Crippen molar-refractivity contribution in [3.05, 3.63) is 35.4 Å². The number of nitrogens with zero attached hydrogens (tertiary/aromatic N) is 2. The standard InChI is InChI=1S/C16H21N3O2/c1-10-8-11(16(2,3)4)6-7-12(10)21-14-9-13(20-5)18-15(17)19-14/h6-9H,1-5H3,(H2,17,18,19). The van der Waals surface area contributed by atoms with E-state index in [4.69, 9.17) is 15.2 Å². The summed E-state index contributed by atoms with van der Waals surface area (Å²) in [6.45, 7) is 8.54. The van der Waals surface area contributed by atoms with E-state index in [1.807, 2.05) is 13.0 Å². The number of nitrogen functional groups attached to an aromatic ring is 1. The summed E-state index contributed by atoms with van der Waals surface area (Å²) < 4.78 is 10.8. The Morgan fingerprint density at radius 2 is 1.71 bits per heavy atom. The average molecular weight is 287 g/mol. The zero-order chi connectivity index (χ0) is 15.6. The number of methoxy groups -OCH3 is 1. The number of anilines is 1. The van der Waals surface area contributed by atoms with Crippen LogP contribution in [0.25, 0.3) is 0 Å². The van der Waals surface area contributed by atoms with Crippen molar-refractivity contribution in [2.24, 2.45) is 0 Å². The molecule has 0 bridgehead atoms. The zero-order valence-electron chi connectivity index (χ0n) is 13.1. The van der Waals surface area contributed by atoms with Crippen molar-refractivity contribution in [3.63, 3.8) is 0 Å². The van der Waals surface area contributed by atoms with Crippen molar-refractivity contribution < 1.29 is 9.47 Å². The molecule has 21 heavy (non-hydrogen) atoms. The summed E-state index contributed by atoms with van der Waals surface area (Å²) in [4.78, 5) is 7.98. The lowest BCUT2D eigenvalue weighted by Crippen LogP contribution is -2.11. The molecule has 5 heteroatoms. The van der Waals surface area contributed by atoms with Crippen molar-refractivity contribution >= 4 is 5.95 Å². The Morgan fingerprint density at radius 1 is 1.05 bits per heavy atom. The molecule has 1 aromatic heterocycles. The van der Waals surface area contributed by atoms with Crippen LogP contribution in [0, 0.1) is 6.92 Å². The van der Waals surface area contributed by atoms with E-state index in [0.29, 0.717) is 11.8 Å². The number of ether oxygens (including phenoxy) is 2. The van der Waals surface area contributed by atoms with Crippen LogP contribution in [-0.4, -0.2) is 17.1 Å². The molecular weight excluding hydrogens is 266 g/mol. The Balaban J connectivity index is 2.30. The minimum Gasteiger partial charge on any atom is -0.481 e. The number of nitrogens with two attached hydrogens (primary N) is 1. The number of aryl methyl sites for hydroxylation is 1. The molecule has 0 spiro atoms. The number of rotatable bonds is 3. The minimum absolute atomic E-state index is 0.103. The normalized spacial score (nSPS) is 11.3. The summed E-state index contributed by atoms with van der Waals surface area (Å²) in [5.74, 6) is 1.60. The molecule has 0 aliphatic heterocycles. The molecule has 2 rings (SSSR count). The molecule has 0 amide bonds. The Labute approximate surface area is 125 Å². The van der Waals surface area contributed by atoms with Gasteiger partial charge in [0, 0.05) is 0 Å². The van der Waals surface area contributed by atoms with Crippen LogP contribution in [0.5, 0.6) is 17.5 Å². The number of benzene rings is 1. The van der Waals surface area contributed by atoms with Crippen LogP contribution in [-0.2, 0) is 5.41 Å². The fourth-order valence-corrected chi connectivity index (χ4v) is 1.92. The minimum atomic E-state index is 0.103. The fraction of sp³-hybridized carbons (Fsp3) is 0.375. The molecule has 0 fully saturated rings. The van der Waals surface area contributed by atoms with Crippen molar-refractivity contribution in [2.45, 2.75) is 33.1 Å². The van der Waals surface area contributed by atoms with Crippen molar-refractivity contribution in [2.75, 3.05) is 12.8 Å². The highest BCUT2D eigenvalue weighted by atomic mass is 16.5. The van der Waals surface area contributed by atoms with Gasteiger partial charge in [-0.1, -0.05) is 32.9 Å².